The van der Waals surface area contributed by atoms with Crippen molar-refractivity contribution in [3.05, 3.63) is 47.3 Å². The zero-order valence-corrected chi connectivity index (χ0v) is 14.9. The summed E-state index contributed by atoms with van der Waals surface area (Å²) < 4.78 is 5.33. The third-order valence-electron chi connectivity index (χ3n) is 4.35. The van der Waals surface area contributed by atoms with Crippen molar-refractivity contribution in [1.82, 2.24) is 4.90 Å². The van der Waals surface area contributed by atoms with Crippen LogP contribution in [0.15, 0.2) is 41.8 Å². The molecule has 0 radical (unpaired) electrons. The molecule has 1 N–H and O–H groups in total. The van der Waals surface area contributed by atoms with Crippen LogP contribution in [0.25, 0.3) is 0 Å². The molecule has 3 rings (SSSR count). The van der Waals surface area contributed by atoms with Gasteiger partial charge in [0.15, 0.2) is 0 Å². The van der Waals surface area contributed by atoms with E-state index in [0.29, 0.717) is 0 Å². The van der Waals surface area contributed by atoms with Gasteiger partial charge in [0.1, 0.15) is 0 Å². The Bertz CT molecular complexity index is 667. The van der Waals surface area contributed by atoms with E-state index in [4.69, 9.17) is 4.74 Å². The lowest BCUT2D eigenvalue weighted by Gasteiger charge is -2.35. The van der Waals surface area contributed by atoms with E-state index in [0.717, 1.165) is 37.4 Å². The van der Waals surface area contributed by atoms with Gasteiger partial charge in [-0.25, -0.2) is 4.79 Å². The smallest absolute Gasteiger partial charge is 0.321 e. The van der Waals surface area contributed by atoms with Gasteiger partial charge in [0, 0.05) is 39.0 Å². The molecule has 6 heteroatoms. The lowest BCUT2D eigenvalue weighted by Crippen LogP contribution is -2.49. The highest BCUT2D eigenvalue weighted by Gasteiger charge is 2.21. The molecule has 1 saturated heterocycles. The number of anilines is 2. The number of urea groups is 1. The number of amides is 2. The highest BCUT2D eigenvalue weighted by molar-refractivity contribution is 7.14. The number of carbonyl (C=O) groups is 1. The van der Waals surface area contributed by atoms with Gasteiger partial charge in [0.2, 0.25) is 0 Å². The van der Waals surface area contributed by atoms with Crippen molar-refractivity contribution in [2.75, 3.05) is 43.5 Å². The summed E-state index contributed by atoms with van der Waals surface area (Å²) in [5.41, 5.74) is 1.86. The van der Waals surface area contributed by atoms with Crippen LogP contribution in [-0.2, 0) is 4.74 Å². The second-order valence-electron chi connectivity index (χ2n) is 5.86. The number of ether oxygens (including phenoxy) is 1. The van der Waals surface area contributed by atoms with E-state index in [-0.39, 0.29) is 12.1 Å². The van der Waals surface area contributed by atoms with Crippen molar-refractivity contribution in [1.29, 1.82) is 0 Å². The quantitative estimate of drug-likeness (QED) is 0.916. The first kappa shape index (κ1) is 16.8. The van der Waals surface area contributed by atoms with Crippen molar-refractivity contribution >= 4 is 28.1 Å². The van der Waals surface area contributed by atoms with E-state index in [9.17, 15) is 4.79 Å². The monoisotopic (exact) mass is 345 g/mol. The predicted octanol–water partition coefficient (Wildman–Crippen LogP) is 3.81. The summed E-state index contributed by atoms with van der Waals surface area (Å²) in [7, 11) is 1.68. The number of benzene rings is 1. The Labute approximate surface area is 146 Å². The first-order chi connectivity index (χ1) is 11.7. The third-order valence-corrected chi connectivity index (χ3v) is 5.27. The van der Waals surface area contributed by atoms with Gasteiger partial charge in [-0.1, -0.05) is 12.1 Å². The molecule has 1 atom stereocenters. The molecule has 0 aliphatic carbocycles. The Morgan fingerprint density at radius 2 is 2.00 bits per heavy atom. The van der Waals surface area contributed by atoms with Gasteiger partial charge in [-0.05, 0) is 42.1 Å². The van der Waals surface area contributed by atoms with E-state index in [2.05, 4.69) is 27.7 Å². The molecule has 1 aliphatic rings. The van der Waals surface area contributed by atoms with E-state index in [1.165, 1.54) is 5.00 Å². The van der Waals surface area contributed by atoms with Crippen LogP contribution < -0.4 is 10.2 Å². The van der Waals surface area contributed by atoms with Crippen LogP contribution in [0.5, 0.6) is 0 Å². The normalized spacial score (nSPS) is 16.1. The molecule has 2 heterocycles. The molecule has 0 spiro atoms. The Kier molecular flexibility index (Phi) is 5.37. The van der Waals surface area contributed by atoms with Crippen LogP contribution in [0.2, 0.25) is 0 Å². The van der Waals surface area contributed by atoms with E-state index >= 15 is 0 Å². The van der Waals surface area contributed by atoms with Gasteiger partial charge in [-0.2, -0.15) is 0 Å². The van der Waals surface area contributed by atoms with Crippen LogP contribution in [0.1, 0.15) is 18.6 Å². The number of nitrogens with zero attached hydrogens (tertiary/aromatic N) is 2. The molecule has 2 aromatic rings. The Morgan fingerprint density at radius 3 is 2.67 bits per heavy atom. The highest BCUT2D eigenvalue weighted by Crippen LogP contribution is 2.23. The van der Waals surface area contributed by atoms with E-state index in [1.807, 2.05) is 36.1 Å². The summed E-state index contributed by atoms with van der Waals surface area (Å²) in [6.45, 7) is 5.20. The maximum Gasteiger partial charge on any atom is 0.321 e. The van der Waals surface area contributed by atoms with Crippen molar-refractivity contribution in [3.8, 4) is 0 Å². The van der Waals surface area contributed by atoms with Crippen molar-refractivity contribution in [2.24, 2.45) is 0 Å². The lowest BCUT2D eigenvalue weighted by molar-refractivity contribution is 0.119. The number of hydrogen-bond acceptors (Lipinski definition) is 4. The molecule has 1 fully saturated rings. The number of nitrogens with one attached hydrogen (secondary N) is 1. The number of piperazine rings is 1. The summed E-state index contributed by atoms with van der Waals surface area (Å²) in [5, 5.41) is 6.36. The first-order valence-corrected chi connectivity index (χ1v) is 9.02. The Morgan fingerprint density at radius 1 is 1.21 bits per heavy atom. The third kappa shape index (κ3) is 3.88. The molecule has 0 saturated carbocycles. The van der Waals surface area contributed by atoms with Crippen LogP contribution in [0, 0.1) is 0 Å². The topological polar surface area (TPSA) is 44.8 Å². The molecular formula is C18H23N3O2S. The molecule has 1 aromatic heterocycles. The molecular weight excluding hydrogens is 322 g/mol. The van der Waals surface area contributed by atoms with Crippen LogP contribution in [-0.4, -0.2) is 44.2 Å². The largest absolute Gasteiger partial charge is 0.377 e. The molecule has 24 heavy (non-hydrogen) atoms. The second-order valence-corrected chi connectivity index (χ2v) is 6.79. The minimum atomic E-state index is -0.0388. The van der Waals surface area contributed by atoms with Crippen molar-refractivity contribution < 1.29 is 9.53 Å². The van der Waals surface area contributed by atoms with Gasteiger partial charge in [-0.3, -0.25) is 0 Å². The minimum absolute atomic E-state index is 0.0104. The average Bonchev–Trinajstić information content (AvgIpc) is 3.16. The summed E-state index contributed by atoms with van der Waals surface area (Å²) >= 11 is 1.74. The molecule has 0 bridgehead atoms. The summed E-state index contributed by atoms with van der Waals surface area (Å²) in [6, 6.07) is 12.0. The van der Waals surface area contributed by atoms with E-state index < -0.39 is 0 Å². The SMILES string of the molecule is COC(C)c1cccc(NC(=O)N2CCN(c3cccs3)CC2)c1. The van der Waals surface area contributed by atoms with Gasteiger partial charge < -0.3 is 19.9 Å². The maximum absolute atomic E-state index is 12.5. The van der Waals surface area contributed by atoms with Crippen LogP contribution >= 0.6 is 11.3 Å². The fourth-order valence-electron chi connectivity index (χ4n) is 2.79. The van der Waals surface area contributed by atoms with Crippen LogP contribution in [0.4, 0.5) is 15.5 Å². The zero-order valence-electron chi connectivity index (χ0n) is 14.1. The number of methoxy groups -OCH3 is 1. The fraction of sp³-hybridized carbons (Fsp3) is 0.389. The first-order valence-electron chi connectivity index (χ1n) is 8.14. The average molecular weight is 345 g/mol. The van der Waals surface area contributed by atoms with Gasteiger partial charge in [0.25, 0.3) is 0 Å². The van der Waals surface area contributed by atoms with Crippen molar-refractivity contribution in [2.45, 2.75) is 13.0 Å². The van der Waals surface area contributed by atoms with Crippen molar-refractivity contribution in [3.63, 3.8) is 0 Å². The highest BCUT2D eigenvalue weighted by atomic mass is 32.1. The molecule has 128 valence electrons. The van der Waals surface area contributed by atoms with E-state index in [1.54, 1.807) is 18.4 Å². The predicted molar refractivity (Wildman–Crippen MR) is 99.0 cm³/mol. The minimum Gasteiger partial charge on any atom is -0.377 e. The van der Waals surface area contributed by atoms with Gasteiger partial charge in [-0.15, -0.1) is 11.3 Å². The number of thiophene rings is 1. The zero-order chi connectivity index (χ0) is 16.9. The number of carbonyl (C=O) groups excluding carboxylic acids is 1. The molecule has 1 aromatic carbocycles. The summed E-state index contributed by atoms with van der Waals surface area (Å²) in [4.78, 5) is 16.7. The standard InChI is InChI=1S/C18H23N3O2S/c1-14(23-2)15-5-3-6-16(13-15)19-18(22)21-10-8-20(9-11-21)17-7-4-12-24-17/h3-7,12-14H,8-11H2,1-2H3,(H,19,22). The second kappa shape index (κ2) is 7.68. The van der Waals surface area contributed by atoms with Gasteiger partial charge in [0.05, 0.1) is 11.1 Å². The number of hydrogen-bond donors (Lipinski definition) is 1. The lowest BCUT2D eigenvalue weighted by atomic mass is 10.1. The molecule has 2 amide bonds. The molecule has 1 unspecified atom stereocenters. The Balaban J connectivity index is 1.56. The summed E-state index contributed by atoms with van der Waals surface area (Å²) in [5.74, 6) is 0. The number of rotatable bonds is 4. The van der Waals surface area contributed by atoms with Gasteiger partial charge >= 0.3 is 6.03 Å². The maximum atomic E-state index is 12.5. The fourth-order valence-corrected chi connectivity index (χ4v) is 3.57. The summed E-state index contributed by atoms with van der Waals surface area (Å²) in [6.07, 6.45) is 0.0104. The molecule has 1 aliphatic heterocycles. The molecule has 5 nitrogen and oxygen atoms in total. The van der Waals surface area contributed by atoms with Crippen LogP contribution in [0.3, 0.4) is 0 Å². The Hall–Kier alpha value is -2.05.